The third kappa shape index (κ3) is 7.01. The van der Waals surface area contributed by atoms with Crippen molar-refractivity contribution in [1.82, 2.24) is 5.43 Å². The highest BCUT2D eigenvalue weighted by Crippen LogP contribution is 2.35. The zero-order valence-electron chi connectivity index (χ0n) is 19.3. The van der Waals surface area contributed by atoms with E-state index in [4.69, 9.17) is 32.4 Å². The molecule has 200 valence electrons. The van der Waals surface area contributed by atoms with E-state index in [1.54, 1.807) is 31.2 Å². The minimum Gasteiger partial charge on any atom is -0.462 e. The highest BCUT2D eigenvalue weighted by molar-refractivity contribution is 6.36. The number of halogens is 5. The van der Waals surface area contributed by atoms with Crippen LogP contribution in [0.2, 0.25) is 10.0 Å². The number of carbonyl (C=O) groups excluding carboxylic acids is 2. The van der Waals surface area contributed by atoms with Crippen LogP contribution in [0, 0.1) is 10.1 Å². The molecule has 0 unspecified atom stereocenters. The van der Waals surface area contributed by atoms with E-state index >= 15 is 0 Å². The first-order chi connectivity index (χ1) is 17.9. The number of furan rings is 1. The van der Waals surface area contributed by atoms with Crippen molar-refractivity contribution in [2.24, 2.45) is 5.10 Å². The van der Waals surface area contributed by atoms with E-state index in [0.717, 1.165) is 12.3 Å². The molecule has 38 heavy (non-hydrogen) atoms. The van der Waals surface area contributed by atoms with Gasteiger partial charge in [-0.15, -0.1) is 0 Å². The lowest BCUT2D eigenvalue weighted by Gasteiger charge is -2.08. The van der Waals surface area contributed by atoms with Crippen LogP contribution in [0.3, 0.4) is 0 Å². The zero-order valence-corrected chi connectivity index (χ0v) is 20.8. The van der Waals surface area contributed by atoms with Crippen molar-refractivity contribution in [2.75, 3.05) is 11.9 Å². The summed E-state index contributed by atoms with van der Waals surface area (Å²) in [6.45, 7) is 1.64. The lowest BCUT2D eigenvalue weighted by Crippen LogP contribution is -2.20. The van der Waals surface area contributed by atoms with Gasteiger partial charge >= 0.3 is 12.1 Å². The topological polar surface area (TPSA) is 136 Å². The van der Waals surface area contributed by atoms with Gasteiger partial charge in [0.1, 0.15) is 10.6 Å². The van der Waals surface area contributed by atoms with Gasteiger partial charge in [0, 0.05) is 22.3 Å². The zero-order chi connectivity index (χ0) is 28.0. The number of nitro groups is 1. The molecule has 1 aromatic heterocycles. The standard InChI is InChI=1S/C23H17Cl2F3N4O6/c1-2-37-22(34)19-20(25)17(38-21(19)30-15-5-3-4-14(24)10-15)11-29-31-18(33)8-12-6-7-13(23(26,27)28)9-16(12)32(35)36/h3-7,9-11,30H,2,8H2,1H3,(H,31,33)/b29-11+. The molecule has 3 aromatic rings. The van der Waals surface area contributed by atoms with Gasteiger partial charge in [0.2, 0.25) is 11.8 Å². The van der Waals surface area contributed by atoms with Crippen LogP contribution in [-0.4, -0.2) is 29.6 Å². The summed E-state index contributed by atoms with van der Waals surface area (Å²) in [6, 6.07) is 8.30. The van der Waals surface area contributed by atoms with Gasteiger partial charge in [-0.25, -0.2) is 10.2 Å². The van der Waals surface area contributed by atoms with Crippen molar-refractivity contribution in [1.29, 1.82) is 0 Å². The van der Waals surface area contributed by atoms with E-state index < -0.39 is 40.6 Å². The first-order valence-corrected chi connectivity index (χ1v) is 11.3. The molecule has 0 bridgehead atoms. The molecular weight excluding hydrogens is 556 g/mol. The van der Waals surface area contributed by atoms with Crippen molar-refractivity contribution in [3.05, 3.63) is 85.1 Å². The quantitative estimate of drug-likeness (QED) is 0.136. The summed E-state index contributed by atoms with van der Waals surface area (Å²) in [4.78, 5) is 34.9. The fraction of sp³-hybridized carbons (Fsp3) is 0.174. The van der Waals surface area contributed by atoms with Gasteiger partial charge in [0.05, 0.1) is 29.7 Å². The van der Waals surface area contributed by atoms with E-state index in [-0.39, 0.29) is 34.4 Å². The van der Waals surface area contributed by atoms with Crippen LogP contribution >= 0.6 is 23.2 Å². The van der Waals surface area contributed by atoms with E-state index in [9.17, 15) is 32.9 Å². The Balaban J connectivity index is 1.79. The average molecular weight is 573 g/mol. The number of carbonyl (C=O) groups is 2. The molecule has 10 nitrogen and oxygen atoms in total. The molecular formula is C23H17Cl2F3N4O6. The molecule has 0 aliphatic carbocycles. The van der Waals surface area contributed by atoms with Crippen molar-refractivity contribution < 1.29 is 36.8 Å². The van der Waals surface area contributed by atoms with Crippen molar-refractivity contribution in [3.63, 3.8) is 0 Å². The number of nitrogens with zero attached hydrogens (tertiary/aromatic N) is 2. The SMILES string of the molecule is CCOC(=O)c1c(Nc2cccc(Cl)c2)oc(/C=N/NC(=O)Cc2ccc(C(F)(F)F)cc2[N+](=O)[O-])c1Cl. The number of hydrogen-bond donors (Lipinski definition) is 2. The first kappa shape index (κ1) is 28.5. The summed E-state index contributed by atoms with van der Waals surface area (Å²) in [5.74, 6) is -1.93. The Morgan fingerprint density at radius 3 is 2.58 bits per heavy atom. The predicted molar refractivity (Wildman–Crippen MR) is 132 cm³/mol. The number of hydrazone groups is 1. The van der Waals surface area contributed by atoms with Gasteiger partial charge in [-0.3, -0.25) is 14.9 Å². The Morgan fingerprint density at radius 1 is 1.21 bits per heavy atom. The number of hydrogen-bond acceptors (Lipinski definition) is 8. The number of amides is 1. The molecule has 0 aliphatic rings. The Bertz CT molecular complexity index is 1410. The second-order valence-electron chi connectivity index (χ2n) is 7.41. The molecule has 3 rings (SSSR count). The number of benzene rings is 2. The molecule has 0 radical (unpaired) electrons. The number of esters is 1. The fourth-order valence-corrected chi connectivity index (χ4v) is 3.56. The van der Waals surface area contributed by atoms with Crippen LogP contribution in [-0.2, 0) is 22.1 Å². The van der Waals surface area contributed by atoms with Crippen LogP contribution in [0.1, 0.15) is 34.2 Å². The van der Waals surface area contributed by atoms with Crippen LogP contribution in [0.15, 0.2) is 52.0 Å². The normalized spacial score (nSPS) is 11.4. The first-order valence-electron chi connectivity index (χ1n) is 10.6. The molecule has 15 heteroatoms. The summed E-state index contributed by atoms with van der Waals surface area (Å²) in [5.41, 5.74) is 0.0264. The van der Waals surface area contributed by atoms with Gasteiger partial charge in [0.25, 0.3) is 5.69 Å². The number of alkyl halides is 3. The Kier molecular flexibility index (Phi) is 8.96. The summed E-state index contributed by atoms with van der Waals surface area (Å²) in [5, 5.41) is 17.9. The maximum atomic E-state index is 12.9. The van der Waals surface area contributed by atoms with E-state index in [2.05, 4.69) is 15.8 Å². The molecule has 0 aliphatic heterocycles. The minimum atomic E-state index is -4.79. The fourth-order valence-electron chi connectivity index (χ4n) is 3.12. The summed E-state index contributed by atoms with van der Waals surface area (Å²) >= 11 is 12.3. The second-order valence-corrected chi connectivity index (χ2v) is 8.22. The van der Waals surface area contributed by atoms with Crippen LogP contribution in [0.5, 0.6) is 0 Å². The Hall–Kier alpha value is -4.10. The molecule has 0 fully saturated rings. The van der Waals surface area contributed by atoms with Gasteiger partial charge in [-0.05, 0) is 31.2 Å². The third-order valence-corrected chi connectivity index (χ3v) is 5.38. The largest absolute Gasteiger partial charge is 0.462 e. The van der Waals surface area contributed by atoms with Crippen LogP contribution in [0.4, 0.5) is 30.4 Å². The Morgan fingerprint density at radius 2 is 1.95 bits per heavy atom. The lowest BCUT2D eigenvalue weighted by atomic mass is 10.1. The molecule has 2 N–H and O–H groups in total. The molecule has 0 saturated heterocycles. The van der Waals surface area contributed by atoms with Crippen molar-refractivity contribution >= 4 is 58.6 Å². The van der Waals surface area contributed by atoms with E-state index in [0.29, 0.717) is 22.8 Å². The second kappa shape index (κ2) is 12.0. The number of anilines is 2. The van der Waals surface area contributed by atoms with Gasteiger partial charge < -0.3 is 14.5 Å². The van der Waals surface area contributed by atoms with Crippen molar-refractivity contribution in [2.45, 2.75) is 19.5 Å². The lowest BCUT2D eigenvalue weighted by molar-refractivity contribution is -0.385. The average Bonchev–Trinajstić information content (AvgIpc) is 3.13. The number of ether oxygens (including phenoxy) is 1. The highest BCUT2D eigenvalue weighted by atomic mass is 35.5. The van der Waals surface area contributed by atoms with Crippen molar-refractivity contribution in [3.8, 4) is 0 Å². The van der Waals surface area contributed by atoms with E-state index in [1.807, 2.05) is 0 Å². The predicted octanol–water partition coefficient (Wildman–Crippen LogP) is 6.13. The maximum absolute atomic E-state index is 12.9. The van der Waals surface area contributed by atoms with Gasteiger partial charge in [-0.2, -0.15) is 18.3 Å². The van der Waals surface area contributed by atoms with E-state index in [1.165, 1.54) is 0 Å². The molecule has 0 spiro atoms. The van der Waals surface area contributed by atoms with Crippen LogP contribution in [0.25, 0.3) is 0 Å². The Labute approximate surface area is 222 Å². The molecule has 0 atom stereocenters. The molecule has 1 amide bonds. The molecule has 0 saturated carbocycles. The summed E-state index contributed by atoms with van der Waals surface area (Å²) in [6.07, 6.45) is -4.47. The number of nitrogens with one attached hydrogen (secondary N) is 2. The third-order valence-electron chi connectivity index (χ3n) is 4.77. The number of nitro benzene ring substituents is 1. The minimum absolute atomic E-state index is 0.0481. The summed E-state index contributed by atoms with van der Waals surface area (Å²) < 4.78 is 49.2. The monoisotopic (exact) mass is 572 g/mol. The smallest absolute Gasteiger partial charge is 0.416 e. The van der Waals surface area contributed by atoms with Gasteiger partial charge in [-0.1, -0.05) is 35.3 Å². The maximum Gasteiger partial charge on any atom is 0.416 e. The number of rotatable bonds is 9. The molecule has 2 aromatic carbocycles. The summed E-state index contributed by atoms with van der Waals surface area (Å²) in [7, 11) is 0. The highest BCUT2D eigenvalue weighted by Gasteiger charge is 2.33. The van der Waals surface area contributed by atoms with Crippen LogP contribution < -0.4 is 10.7 Å². The van der Waals surface area contributed by atoms with Gasteiger partial charge in [0.15, 0.2) is 5.76 Å². The molecule has 1 heterocycles.